The van der Waals surface area contributed by atoms with Gasteiger partial charge >= 0.3 is 6.18 Å². The van der Waals surface area contributed by atoms with Gasteiger partial charge in [0.1, 0.15) is 0 Å². The Morgan fingerprint density at radius 2 is 1.66 bits per heavy atom. The van der Waals surface area contributed by atoms with Gasteiger partial charge in [0.2, 0.25) is 15.9 Å². The first-order chi connectivity index (χ1) is 13.2. The van der Waals surface area contributed by atoms with E-state index in [1.165, 1.54) is 7.05 Å². The number of nitrogens with one attached hydrogen (secondary N) is 1. The maximum Gasteiger partial charge on any atom is 0.418 e. The molecule has 1 amide bonds. The van der Waals surface area contributed by atoms with Crippen LogP contribution in [0, 0.1) is 20.8 Å². The Balaban J connectivity index is 2.31. The van der Waals surface area contributed by atoms with Gasteiger partial charge < -0.3 is 10.2 Å². The summed E-state index contributed by atoms with van der Waals surface area (Å²) in [5.41, 5.74) is 1.79. The third-order valence-corrected chi connectivity index (χ3v) is 5.25. The third-order valence-electron chi connectivity index (χ3n) is 4.34. The molecule has 0 unspecified atom stereocenters. The molecule has 6 nitrogen and oxygen atoms in total. The number of hydrogen-bond acceptors (Lipinski definition) is 4. The van der Waals surface area contributed by atoms with Crippen molar-refractivity contribution in [3.63, 3.8) is 0 Å². The lowest BCUT2D eigenvalue weighted by molar-refractivity contribution is -0.137. The van der Waals surface area contributed by atoms with E-state index in [0.29, 0.717) is 11.8 Å². The van der Waals surface area contributed by atoms with Crippen LogP contribution in [-0.4, -0.2) is 27.9 Å². The smallest absolute Gasteiger partial charge is 0.365 e. The lowest BCUT2D eigenvalue weighted by atomic mass is 10.1. The van der Waals surface area contributed by atoms with Crippen molar-refractivity contribution in [3.8, 4) is 0 Å². The number of primary sulfonamides is 1. The first-order valence-corrected chi connectivity index (χ1v) is 10.1. The van der Waals surface area contributed by atoms with E-state index >= 15 is 0 Å². The molecule has 0 heterocycles. The van der Waals surface area contributed by atoms with Gasteiger partial charge in [-0.2, -0.15) is 13.2 Å². The molecule has 10 heteroatoms. The monoisotopic (exact) mass is 429 g/mol. The molecule has 29 heavy (non-hydrogen) atoms. The first kappa shape index (κ1) is 22.7. The minimum Gasteiger partial charge on any atom is -0.365 e. The van der Waals surface area contributed by atoms with Crippen molar-refractivity contribution in [1.82, 2.24) is 0 Å². The molecule has 3 N–H and O–H groups in total. The maximum atomic E-state index is 13.4. The molecule has 2 aromatic carbocycles. The Morgan fingerprint density at radius 1 is 1.10 bits per heavy atom. The average Bonchev–Trinajstić information content (AvgIpc) is 2.56. The number of carbonyl (C=O) groups excluding carboxylic acids is 1. The van der Waals surface area contributed by atoms with E-state index in [1.54, 1.807) is 0 Å². The van der Waals surface area contributed by atoms with E-state index < -0.39 is 32.6 Å². The van der Waals surface area contributed by atoms with Crippen molar-refractivity contribution < 1.29 is 26.4 Å². The number of carbonyl (C=O) groups is 1. The Kier molecular flexibility index (Phi) is 6.29. The number of aryl methyl sites for hydroxylation is 3. The standard InChI is InChI=1S/C19H22F3N3O3S/c1-11-7-12(2)18(13(3)8-11)24-17(26)10-25(4)16-6-5-14(29(23,27)28)9-15(16)19(20,21)22/h5-9H,10H2,1-4H3,(H,24,26)(H2,23,27,28). The van der Waals surface area contributed by atoms with Crippen molar-refractivity contribution >= 4 is 27.3 Å². The number of likely N-dealkylation sites (N-methyl/N-ethyl adjacent to an activating group) is 1. The number of sulfonamides is 1. The van der Waals surface area contributed by atoms with Crippen LogP contribution in [0.4, 0.5) is 24.5 Å². The number of benzene rings is 2. The van der Waals surface area contributed by atoms with Crippen LogP contribution in [0.2, 0.25) is 0 Å². The number of rotatable bonds is 5. The second kappa shape index (κ2) is 8.03. The highest BCUT2D eigenvalue weighted by atomic mass is 32.2. The third kappa shape index (κ3) is 5.48. The van der Waals surface area contributed by atoms with Gasteiger partial charge in [-0.25, -0.2) is 13.6 Å². The van der Waals surface area contributed by atoms with Crippen molar-refractivity contribution in [2.75, 3.05) is 23.8 Å². The molecule has 0 aliphatic rings. The summed E-state index contributed by atoms with van der Waals surface area (Å²) < 4.78 is 63.1. The second-order valence-electron chi connectivity index (χ2n) is 6.90. The fourth-order valence-electron chi connectivity index (χ4n) is 3.11. The topological polar surface area (TPSA) is 92.5 Å². The van der Waals surface area contributed by atoms with Crippen LogP contribution in [0.25, 0.3) is 0 Å². The summed E-state index contributed by atoms with van der Waals surface area (Å²) in [6.45, 7) is 5.20. The molecule has 0 atom stereocenters. The molecule has 0 fully saturated rings. The zero-order valence-corrected chi connectivity index (χ0v) is 17.2. The van der Waals surface area contributed by atoms with Crippen LogP contribution in [0.5, 0.6) is 0 Å². The average molecular weight is 429 g/mol. The fraction of sp³-hybridized carbons (Fsp3) is 0.316. The second-order valence-corrected chi connectivity index (χ2v) is 8.46. The van der Waals surface area contributed by atoms with Gasteiger partial charge in [0.05, 0.1) is 17.0 Å². The fourth-order valence-corrected chi connectivity index (χ4v) is 3.65. The molecule has 0 aromatic heterocycles. The normalized spacial score (nSPS) is 12.0. The van der Waals surface area contributed by atoms with Crippen LogP contribution in [0.15, 0.2) is 35.2 Å². The minimum atomic E-state index is -4.83. The number of halogens is 3. The molecule has 2 rings (SSSR count). The van der Waals surface area contributed by atoms with E-state index in [2.05, 4.69) is 5.32 Å². The zero-order chi connectivity index (χ0) is 22.1. The molecule has 0 aliphatic carbocycles. The first-order valence-electron chi connectivity index (χ1n) is 8.53. The quantitative estimate of drug-likeness (QED) is 0.762. The number of nitrogens with two attached hydrogens (primary N) is 1. The van der Waals surface area contributed by atoms with Gasteiger partial charge in [0.25, 0.3) is 0 Å². The van der Waals surface area contributed by atoms with Gasteiger partial charge in [0, 0.05) is 18.4 Å². The molecule has 0 radical (unpaired) electrons. The summed E-state index contributed by atoms with van der Waals surface area (Å²) in [4.78, 5) is 12.9. The van der Waals surface area contributed by atoms with Gasteiger partial charge in [-0.3, -0.25) is 4.79 Å². The highest BCUT2D eigenvalue weighted by Crippen LogP contribution is 2.37. The summed E-state index contributed by atoms with van der Waals surface area (Å²) in [6, 6.07) is 6.20. The molecule has 158 valence electrons. The summed E-state index contributed by atoms with van der Waals surface area (Å²) in [7, 11) is -2.99. The molecular formula is C19H22F3N3O3S. The Morgan fingerprint density at radius 3 is 2.14 bits per heavy atom. The number of anilines is 2. The van der Waals surface area contributed by atoms with Crippen LogP contribution in [-0.2, 0) is 21.0 Å². The molecule has 0 spiro atoms. The molecule has 0 saturated heterocycles. The molecule has 0 bridgehead atoms. The SMILES string of the molecule is Cc1cc(C)c(NC(=O)CN(C)c2ccc(S(N)(=O)=O)cc2C(F)(F)F)c(C)c1. The predicted molar refractivity (Wildman–Crippen MR) is 105 cm³/mol. The molecule has 0 saturated carbocycles. The van der Waals surface area contributed by atoms with Crippen LogP contribution in [0.1, 0.15) is 22.3 Å². The number of hydrogen-bond donors (Lipinski definition) is 2. The van der Waals surface area contributed by atoms with Crippen molar-refractivity contribution in [2.45, 2.75) is 31.8 Å². The summed E-state index contributed by atoms with van der Waals surface area (Å²) >= 11 is 0. The van der Waals surface area contributed by atoms with Crippen molar-refractivity contribution in [3.05, 3.63) is 52.6 Å². The van der Waals surface area contributed by atoms with Crippen LogP contribution in [0.3, 0.4) is 0 Å². The highest BCUT2D eigenvalue weighted by Gasteiger charge is 2.35. The minimum absolute atomic E-state index is 0.336. The lowest BCUT2D eigenvalue weighted by Crippen LogP contribution is -2.32. The largest absolute Gasteiger partial charge is 0.418 e. The summed E-state index contributed by atoms with van der Waals surface area (Å²) in [5, 5.41) is 7.65. The Labute approximate surface area is 167 Å². The number of alkyl halides is 3. The van der Waals surface area contributed by atoms with Gasteiger partial charge in [-0.05, 0) is 50.1 Å². The van der Waals surface area contributed by atoms with Crippen LogP contribution >= 0.6 is 0 Å². The number of amides is 1. The van der Waals surface area contributed by atoms with E-state index in [0.717, 1.165) is 33.7 Å². The number of nitrogens with zero attached hydrogens (tertiary/aromatic N) is 1. The van der Waals surface area contributed by atoms with E-state index in [-0.39, 0.29) is 12.2 Å². The van der Waals surface area contributed by atoms with Gasteiger partial charge in [-0.15, -0.1) is 0 Å². The van der Waals surface area contributed by atoms with Crippen molar-refractivity contribution in [1.29, 1.82) is 0 Å². The van der Waals surface area contributed by atoms with Crippen molar-refractivity contribution in [2.24, 2.45) is 5.14 Å². The Bertz CT molecular complexity index is 1030. The van der Waals surface area contributed by atoms with Crippen LogP contribution < -0.4 is 15.4 Å². The van der Waals surface area contributed by atoms with Gasteiger partial charge in [0.15, 0.2) is 0 Å². The lowest BCUT2D eigenvalue weighted by Gasteiger charge is -2.24. The van der Waals surface area contributed by atoms with E-state index in [9.17, 15) is 26.4 Å². The summed E-state index contributed by atoms with van der Waals surface area (Å²) in [5.74, 6) is -0.508. The zero-order valence-electron chi connectivity index (χ0n) is 16.4. The molecule has 0 aliphatic heterocycles. The van der Waals surface area contributed by atoms with Gasteiger partial charge in [-0.1, -0.05) is 17.7 Å². The predicted octanol–water partition coefficient (Wildman–Crippen LogP) is 3.35. The van der Waals surface area contributed by atoms with E-state index in [1.807, 2.05) is 32.9 Å². The summed E-state index contributed by atoms with van der Waals surface area (Å²) in [6.07, 6.45) is -4.83. The Hall–Kier alpha value is -2.59. The maximum absolute atomic E-state index is 13.4. The molecular weight excluding hydrogens is 407 g/mol. The van der Waals surface area contributed by atoms with E-state index in [4.69, 9.17) is 5.14 Å². The molecule has 2 aromatic rings. The highest BCUT2D eigenvalue weighted by molar-refractivity contribution is 7.89.